The molecule has 1 aliphatic carbocycles. The predicted octanol–water partition coefficient (Wildman–Crippen LogP) is 3.89. The highest BCUT2D eigenvalue weighted by Gasteiger charge is 2.23. The summed E-state index contributed by atoms with van der Waals surface area (Å²) in [6.45, 7) is 4.03. The van der Waals surface area contributed by atoms with Crippen LogP contribution in [0.25, 0.3) is 0 Å². The van der Waals surface area contributed by atoms with Gasteiger partial charge in [-0.05, 0) is 62.1 Å². The van der Waals surface area contributed by atoms with E-state index in [2.05, 4.69) is 12.2 Å². The van der Waals surface area contributed by atoms with Crippen LogP contribution in [0.5, 0.6) is 5.75 Å². The fourth-order valence-electron chi connectivity index (χ4n) is 3.69. The molecule has 1 aliphatic rings. The fourth-order valence-corrected chi connectivity index (χ4v) is 4.88. The number of rotatable bonds is 7. The van der Waals surface area contributed by atoms with Gasteiger partial charge in [0.15, 0.2) is 6.61 Å². The van der Waals surface area contributed by atoms with Crippen molar-refractivity contribution in [2.24, 2.45) is 5.92 Å². The van der Waals surface area contributed by atoms with Gasteiger partial charge in [-0.25, -0.2) is 8.42 Å². The molecule has 0 bridgehead atoms. The first-order chi connectivity index (χ1) is 14.3. The van der Waals surface area contributed by atoms with Crippen molar-refractivity contribution < 1.29 is 17.9 Å². The number of nitrogens with zero attached hydrogens (tertiary/aromatic N) is 1. The molecule has 1 saturated carbocycles. The minimum Gasteiger partial charge on any atom is -0.484 e. The maximum absolute atomic E-state index is 12.8. The molecular weight excluding hydrogens is 400 g/mol. The third-order valence-corrected chi connectivity index (χ3v) is 7.51. The number of ether oxygens (including phenoxy) is 1. The van der Waals surface area contributed by atoms with Gasteiger partial charge in [0, 0.05) is 13.1 Å². The Bertz CT molecular complexity index is 956. The van der Waals surface area contributed by atoms with Crippen molar-refractivity contribution >= 4 is 21.6 Å². The lowest BCUT2D eigenvalue weighted by Gasteiger charge is -2.29. The van der Waals surface area contributed by atoms with Crippen LogP contribution >= 0.6 is 0 Å². The van der Waals surface area contributed by atoms with Crippen molar-refractivity contribution in [1.29, 1.82) is 0 Å². The summed E-state index contributed by atoms with van der Waals surface area (Å²) in [6, 6.07) is 13.7. The highest BCUT2D eigenvalue weighted by atomic mass is 32.2. The molecule has 2 atom stereocenters. The second-order valence-electron chi connectivity index (χ2n) is 8.00. The number of benzene rings is 2. The average Bonchev–Trinajstić information content (AvgIpc) is 2.74. The Morgan fingerprint density at radius 1 is 1.07 bits per heavy atom. The van der Waals surface area contributed by atoms with Gasteiger partial charge in [0.2, 0.25) is 0 Å². The summed E-state index contributed by atoms with van der Waals surface area (Å²) in [5.74, 6) is 0.886. The van der Waals surface area contributed by atoms with E-state index in [1.54, 1.807) is 48.5 Å². The normalized spacial score (nSPS) is 19.2. The lowest BCUT2D eigenvalue weighted by Crippen LogP contribution is -2.43. The Balaban J connectivity index is 1.57. The molecular formula is C23H30N2O4S. The molecule has 1 amide bonds. The molecule has 6 nitrogen and oxygen atoms in total. The van der Waals surface area contributed by atoms with E-state index in [1.807, 2.05) is 6.92 Å². The number of nitrogens with one attached hydrogen (secondary N) is 1. The molecule has 2 aromatic rings. The van der Waals surface area contributed by atoms with Crippen LogP contribution in [0, 0.1) is 12.8 Å². The topological polar surface area (TPSA) is 75.7 Å². The number of hydrogen-bond acceptors (Lipinski definition) is 4. The summed E-state index contributed by atoms with van der Waals surface area (Å²) >= 11 is 0. The summed E-state index contributed by atoms with van der Waals surface area (Å²) in [5, 5.41) is 3.06. The van der Waals surface area contributed by atoms with E-state index in [0.717, 1.165) is 24.8 Å². The van der Waals surface area contributed by atoms with E-state index in [0.29, 0.717) is 17.4 Å². The van der Waals surface area contributed by atoms with E-state index < -0.39 is 10.0 Å². The van der Waals surface area contributed by atoms with Gasteiger partial charge >= 0.3 is 0 Å². The van der Waals surface area contributed by atoms with Crippen LogP contribution in [0.15, 0.2) is 53.4 Å². The highest BCUT2D eigenvalue weighted by Crippen LogP contribution is 2.25. The van der Waals surface area contributed by atoms with Crippen LogP contribution in [0.2, 0.25) is 0 Å². The van der Waals surface area contributed by atoms with Crippen LogP contribution in [-0.4, -0.2) is 34.0 Å². The molecule has 30 heavy (non-hydrogen) atoms. The number of aryl methyl sites for hydroxylation is 1. The molecule has 0 aromatic heterocycles. The molecule has 7 heteroatoms. The summed E-state index contributed by atoms with van der Waals surface area (Å²) < 4.78 is 32.4. The van der Waals surface area contributed by atoms with Gasteiger partial charge in [0.1, 0.15) is 5.75 Å². The average molecular weight is 431 g/mol. The van der Waals surface area contributed by atoms with Crippen molar-refractivity contribution in [1.82, 2.24) is 5.32 Å². The summed E-state index contributed by atoms with van der Waals surface area (Å²) in [6.07, 6.45) is 4.54. The minimum atomic E-state index is -3.64. The molecule has 0 aliphatic heterocycles. The fraction of sp³-hybridized carbons (Fsp3) is 0.435. The highest BCUT2D eigenvalue weighted by molar-refractivity contribution is 7.92. The number of carbonyl (C=O) groups excluding carboxylic acids is 1. The van der Waals surface area contributed by atoms with Gasteiger partial charge in [-0.15, -0.1) is 0 Å². The zero-order chi connectivity index (χ0) is 21.7. The van der Waals surface area contributed by atoms with Crippen molar-refractivity contribution in [3.05, 3.63) is 54.1 Å². The van der Waals surface area contributed by atoms with Gasteiger partial charge < -0.3 is 10.1 Å². The van der Waals surface area contributed by atoms with Crippen molar-refractivity contribution in [3.63, 3.8) is 0 Å². The Kier molecular flexibility index (Phi) is 7.02. The van der Waals surface area contributed by atoms with E-state index in [-0.39, 0.29) is 23.5 Å². The van der Waals surface area contributed by atoms with Crippen molar-refractivity contribution in [3.8, 4) is 5.75 Å². The third kappa shape index (κ3) is 5.33. The summed E-state index contributed by atoms with van der Waals surface area (Å²) in [5.41, 5.74) is 1.52. The quantitative estimate of drug-likeness (QED) is 0.723. The lowest BCUT2D eigenvalue weighted by atomic mass is 9.86. The maximum atomic E-state index is 12.8. The molecule has 162 valence electrons. The maximum Gasteiger partial charge on any atom is 0.264 e. The number of hydrogen-bond donors (Lipinski definition) is 1. The predicted molar refractivity (Wildman–Crippen MR) is 118 cm³/mol. The monoisotopic (exact) mass is 430 g/mol. The Morgan fingerprint density at radius 2 is 1.70 bits per heavy atom. The van der Waals surface area contributed by atoms with E-state index in [4.69, 9.17) is 4.74 Å². The first kappa shape index (κ1) is 22.2. The van der Waals surface area contributed by atoms with Gasteiger partial charge in [-0.1, -0.05) is 37.5 Å². The number of amides is 1. The van der Waals surface area contributed by atoms with E-state index in [9.17, 15) is 13.2 Å². The van der Waals surface area contributed by atoms with Gasteiger partial charge in [-0.2, -0.15) is 0 Å². The van der Waals surface area contributed by atoms with Crippen molar-refractivity contribution in [2.75, 3.05) is 18.0 Å². The van der Waals surface area contributed by atoms with E-state index >= 15 is 0 Å². The van der Waals surface area contributed by atoms with Crippen molar-refractivity contribution in [2.45, 2.75) is 50.5 Å². The molecule has 0 saturated heterocycles. The molecule has 2 unspecified atom stereocenters. The second-order valence-corrected chi connectivity index (χ2v) is 9.97. The zero-order valence-electron chi connectivity index (χ0n) is 17.8. The SMILES string of the molecule is Cc1ccc(S(=O)(=O)N(C)c2ccc(OCC(=O)NC3CCCCC3C)cc2)cc1. The Labute approximate surface area is 179 Å². The Hall–Kier alpha value is -2.54. The first-order valence-electron chi connectivity index (χ1n) is 10.3. The van der Waals surface area contributed by atoms with Crippen LogP contribution in [-0.2, 0) is 14.8 Å². The molecule has 0 spiro atoms. The first-order valence-corrected chi connectivity index (χ1v) is 11.8. The molecule has 2 aromatic carbocycles. The van der Waals surface area contributed by atoms with Crippen LogP contribution in [0.4, 0.5) is 5.69 Å². The molecule has 1 N–H and O–H groups in total. The Morgan fingerprint density at radius 3 is 2.33 bits per heavy atom. The number of sulfonamides is 1. The van der Waals surface area contributed by atoms with Crippen LogP contribution in [0.3, 0.4) is 0 Å². The van der Waals surface area contributed by atoms with Gasteiger partial charge in [-0.3, -0.25) is 9.10 Å². The summed E-state index contributed by atoms with van der Waals surface area (Å²) in [7, 11) is -2.12. The lowest BCUT2D eigenvalue weighted by molar-refractivity contribution is -0.124. The largest absolute Gasteiger partial charge is 0.484 e. The smallest absolute Gasteiger partial charge is 0.264 e. The third-order valence-electron chi connectivity index (χ3n) is 5.71. The molecule has 0 radical (unpaired) electrons. The number of carbonyl (C=O) groups is 1. The standard InChI is InChI=1S/C23H30N2O4S/c1-17-8-14-21(15-9-17)30(27,28)25(3)19-10-12-20(13-11-19)29-16-23(26)24-22-7-5-4-6-18(22)2/h8-15,18,22H,4-7,16H2,1-3H3,(H,24,26). The molecule has 0 heterocycles. The summed E-state index contributed by atoms with van der Waals surface area (Å²) in [4.78, 5) is 12.4. The van der Waals surface area contributed by atoms with Gasteiger partial charge in [0.05, 0.1) is 10.6 Å². The number of anilines is 1. The minimum absolute atomic E-state index is 0.0555. The molecule has 3 rings (SSSR count). The molecule has 1 fully saturated rings. The van der Waals surface area contributed by atoms with Crippen LogP contribution < -0.4 is 14.4 Å². The van der Waals surface area contributed by atoms with Crippen LogP contribution in [0.1, 0.15) is 38.2 Å². The van der Waals surface area contributed by atoms with E-state index in [1.165, 1.54) is 17.8 Å². The van der Waals surface area contributed by atoms with Gasteiger partial charge in [0.25, 0.3) is 15.9 Å². The zero-order valence-corrected chi connectivity index (χ0v) is 18.6. The second kappa shape index (κ2) is 9.51.